The van der Waals surface area contributed by atoms with Gasteiger partial charge in [-0.05, 0) is 43.4 Å². The van der Waals surface area contributed by atoms with Gasteiger partial charge in [0, 0.05) is 12.1 Å². The van der Waals surface area contributed by atoms with Gasteiger partial charge in [0.15, 0.2) is 0 Å². The molecule has 3 fully saturated rings. The zero-order valence-electron chi connectivity index (χ0n) is 13.0. The number of nitrogens with zero attached hydrogens (tertiary/aromatic N) is 1. The van der Waals surface area contributed by atoms with Crippen molar-refractivity contribution in [2.75, 3.05) is 0 Å². The van der Waals surface area contributed by atoms with E-state index in [0.717, 1.165) is 6.42 Å². The molecule has 0 aromatic carbocycles. The van der Waals surface area contributed by atoms with Gasteiger partial charge in [-0.3, -0.25) is 9.69 Å². The number of hydrogen-bond acceptors (Lipinski definition) is 2. The first kappa shape index (κ1) is 14.4. The fourth-order valence-electron chi connectivity index (χ4n) is 5.20. The van der Waals surface area contributed by atoms with E-state index in [1.165, 1.54) is 51.4 Å². The molecule has 0 spiro atoms. The minimum absolute atomic E-state index is 0.217. The molecule has 1 heterocycles. The third-order valence-electron chi connectivity index (χ3n) is 6.23. The van der Waals surface area contributed by atoms with E-state index in [1.54, 1.807) is 0 Å². The van der Waals surface area contributed by atoms with Crippen LogP contribution >= 0.6 is 0 Å². The van der Waals surface area contributed by atoms with Crippen LogP contribution in [0.2, 0.25) is 0 Å². The van der Waals surface area contributed by atoms with Crippen LogP contribution in [0.25, 0.3) is 0 Å². The molecule has 4 unspecified atom stereocenters. The van der Waals surface area contributed by atoms with Crippen molar-refractivity contribution in [3.63, 3.8) is 0 Å². The molecule has 2 aliphatic carbocycles. The molecule has 0 radical (unpaired) electrons. The summed E-state index contributed by atoms with van der Waals surface area (Å²) in [6.07, 6.45) is 11.0. The highest BCUT2D eigenvalue weighted by Crippen LogP contribution is 2.47. The Hall–Kier alpha value is -0.570. The predicted octanol–water partition coefficient (Wildman–Crippen LogP) is 3.67. The van der Waals surface area contributed by atoms with Gasteiger partial charge < -0.3 is 5.11 Å². The van der Waals surface area contributed by atoms with Gasteiger partial charge in [0.05, 0.1) is 0 Å². The second kappa shape index (κ2) is 5.32. The largest absolute Gasteiger partial charge is 0.480 e. The average molecular weight is 279 g/mol. The quantitative estimate of drug-likeness (QED) is 0.838. The van der Waals surface area contributed by atoms with Crippen molar-refractivity contribution in [3.05, 3.63) is 0 Å². The number of carboxylic acid groups (broad SMARTS) is 1. The summed E-state index contributed by atoms with van der Waals surface area (Å²) in [5, 5.41) is 9.69. The molecule has 3 heteroatoms. The average Bonchev–Trinajstić information content (AvgIpc) is 2.78. The second-order valence-corrected chi connectivity index (χ2v) is 7.90. The monoisotopic (exact) mass is 279 g/mol. The van der Waals surface area contributed by atoms with Crippen LogP contribution < -0.4 is 0 Å². The summed E-state index contributed by atoms with van der Waals surface area (Å²) < 4.78 is 0. The lowest BCUT2D eigenvalue weighted by Crippen LogP contribution is -2.55. The molecule has 3 aliphatic rings. The van der Waals surface area contributed by atoms with E-state index >= 15 is 0 Å². The van der Waals surface area contributed by atoms with E-state index in [4.69, 9.17) is 0 Å². The zero-order valence-corrected chi connectivity index (χ0v) is 13.0. The van der Waals surface area contributed by atoms with Crippen molar-refractivity contribution in [2.45, 2.75) is 89.8 Å². The molecular weight excluding hydrogens is 250 g/mol. The van der Waals surface area contributed by atoms with Crippen molar-refractivity contribution >= 4 is 5.97 Å². The highest BCUT2D eigenvalue weighted by atomic mass is 16.4. The van der Waals surface area contributed by atoms with E-state index < -0.39 is 5.97 Å². The Bertz CT molecular complexity index is 379. The first-order valence-electron chi connectivity index (χ1n) is 8.51. The molecule has 0 amide bonds. The molecule has 0 bridgehead atoms. The Morgan fingerprint density at radius 3 is 2.50 bits per heavy atom. The van der Waals surface area contributed by atoms with E-state index in [9.17, 15) is 9.90 Å². The summed E-state index contributed by atoms with van der Waals surface area (Å²) in [6.45, 7) is 4.71. The molecule has 1 aliphatic heterocycles. The number of carboxylic acids is 1. The molecule has 114 valence electrons. The normalized spacial score (nSPS) is 41.3. The lowest BCUT2D eigenvalue weighted by Gasteiger charge is -2.48. The topological polar surface area (TPSA) is 40.5 Å². The van der Waals surface area contributed by atoms with Gasteiger partial charge in [-0.2, -0.15) is 0 Å². The van der Waals surface area contributed by atoms with Crippen molar-refractivity contribution in [1.29, 1.82) is 0 Å². The number of hydrogen-bond donors (Lipinski definition) is 1. The maximum atomic E-state index is 11.8. The van der Waals surface area contributed by atoms with Gasteiger partial charge in [0.25, 0.3) is 0 Å². The molecule has 3 nitrogen and oxygen atoms in total. The summed E-state index contributed by atoms with van der Waals surface area (Å²) in [5.74, 6) is 0.0587. The third-order valence-corrected chi connectivity index (χ3v) is 6.23. The van der Waals surface area contributed by atoms with E-state index in [2.05, 4.69) is 18.7 Å². The lowest BCUT2D eigenvalue weighted by atomic mass is 9.71. The van der Waals surface area contributed by atoms with Crippen molar-refractivity contribution < 1.29 is 9.90 Å². The first-order chi connectivity index (χ1) is 9.50. The number of likely N-dealkylation sites (tertiary alicyclic amines) is 1. The molecule has 20 heavy (non-hydrogen) atoms. The standard InChI is InChI=1S/C17H29NO2/c1-17(2)10-6-5-9-15(17)18-13-8-4-3-7-12(13)11-14(18)16(19)20/h12-15H,3-11H2,1-2H3,(H,19,20). The fourth-order valence-corrected chi connectivity index (χ4v) is 5.20. The first-order valence-corrected chi connectivity index (χ1v) is 8.51. The van der Waals surface area contributed by atoms with Gasteiger partial charge in [-0.15, -0.1) is 0 Å². The van der Waals surface area contributed by atoms with E-state index in [1.807, 2.05) is 0 Å². The van der Waals surface area contributed by atoms with Crippen molar-refractivity contribution in [1.82, 2.24) is 4.90 Å². The Balaban J connectivity index is 1.88. The van der Waals surface area contributed by atoms with Crippen LogP contribution in [0.5, 0.6) is 0 Å². The molecule has 4 atom stereocenters. The number of aliphatic carboxylic acids is 1. The number of fused-ring (bicyclic) bond motifs is 1. The van der Waals surface area contributed by atoms with Gasteiger partial charge in [-0.25, -0.2) is 0 Å². The Morgan fingerprint density at radius 1 is 1.10 bits per heavy atom. The Morgan fingerprint density at radius 2 is 1.80 bits per heavy atom. The van der Waals surface area contributed by atoms with Gasteiger partial charge in [-0.1, -0.05) is 39.5 Å². The lowest BCUT2D eigenvalue weighted by molar-refractivity contribution is -0.145. The minimum atomic E-state index is -0.583. The summed E-state index contributed by atoms with van der Waals surface area (Å²) >= 11 is 0. The van der Waals surface area contributed by atoms with Gasteiger partial charge >= 0.3 is 5.97 Å². The Labute approximate surface area is 122 Å². The van der Waals surface area contributed by atoms with Gasteiger partial charge in [0.2, 0.25) is 0 Å². The van der Waals surface area contributed by atoms with Crippen molar-refractivity contribution in [2.24, 2.45) is 11.3 Å². The molecular formula is C17H29NO2. The molecule has 1 saturated heterocycles. The number of carbonyl (C=O) groups is 1. The van der Waals surface area contributed by atoms with Crippen LogP contribution in [0.3, 0.4) is 0 Å². The summed E-state index contributed by atoms with van der Waals surface area (Å²) in [5.41, 5.74) is 0.276. The maximum Gasteiger partial charge on any atom is 0.320 e. The highest BCUT2D eigenvalue weighted by Gasteiger charge is 2.51. The maximum absolute atomic E-state index is 11.8. The molecule has 0 aromatic rings. The summed E-state index contributed by atoms with van der Waals surface area (Å²) in [4.78, 5) is 14.2. The minimum Gasteiger partial charge on any atom is -0.480 e. The predicted molar refractivity (Wildman–Crippen MR) is 79.7 cm³/mol. The fraction of sp³-hybridized carbons (Fsp3) is 0.941. The van der Waals surface area contributed by atoms with Crippen LogP contribution in [-0.4, -0.2) is 34.1 Å². The molecule has 0 aromatic heterocycles. The number of rotatable bonds is 2. The van der Waals surface area contributed by atoms with Crippen molar-refractivity contribution in [3.8, 4) is 0 Å². The van der Waals surface area contributed by atoms with E-state index in [0.29, 0.717) is 18.0 Å². The smallest absolute Gasteiger partial charge is 0.320 e. The summed E-state index contributed by atoms with van der Waals surface area (Å²) in [6, 6.07) is 0.808. The van der Waals surface area contributed by atoms with Crippen LogP contribution in [-0.2, 0) is 4.79 Å². The second-order valence-electron chi connectivity index (χ2n) is 7.90. The summed E-state index contributed by atoms with van der Waals surface area (Å²) in [7, 11) is 0. The Kier molecular flexibility index (Phi) is 3.83. The van der Waals surface area contributed by atoms with Crippen LogP contribution in [0.1, 0.15) is 71.6 Å². The third kappa shape index (κ3) is 2.38. The van der Waals surface area contributed by atoms with E-state index in [-0.39, 0.29) is 11.5 Å². The zero-order chi connectivity index (χ0) is 14.3. The SMILES string of the molecule is CC1(C)CCCCC1N1C(C(=O)O)CC2CCCCC21. The van der Waals surface area contributed by atoms with Crippen LogP contribution in [0.4, 0.5) is 0 Å². The van der Waals surface area contributed by atoms with Crippen LogP contribution in [0.15, 0.2) is 0 Å². The molecule has 1 N–H and O–H groups in total. The molecule has 3 rings (SSSR count). The van der Waals surface area contributed by atoms with Crippen LogP contribution in [0, 0.1) is 11.3 Å². The molecule has 2 saturated carbocycles. The van der Waals surface area contributed by atoms with Gasteiger partial charge in [0.1, 0.15) is 6.04 Å². The highest BCUT2D eigenvalue weighted by molar-refractivity contribution is 5.74.